The molecule has 0 saturated heterocycles. The number of carbonyl (C=O) groups excluding carboxylic acids is 1. The molecule has 0 N–H and O–H groups in total. The highest BCUT2D eigenvalue weighted by Gasteiger charge is 2.19. The van der Waals surface area contributed by atoms with E-state index < -0.39 is 5.97 Å². The van der Waals surface area contributed by atoms with Crippen molar-refractivity contribution < 1.29 is 23.2 Å². The average molecular weight is 401 g/mol. The molecule has 28 heavy (non-hydrogen) atoms. The lowest BCUT2D eigenvalue weighted by atomic mass is 10.0. The third-order valence-corrected chi connectivity index (χ3v) is 4.55. The summed E-state index contributed by atoms with van der Waals surface area (Å²) in [5.41, 5.74) is 2.09. The number of halogens is 1. The van der Waals surface area contributed by atoms with Crippen LogP contribution in [0, 0.1) is 5.82 Å². The fourth-order valence-electron chi connectivity index (χ4n) is 2.38. The number of ether oxygens (including phenoxy) is 1. The van der Waals surface area contributed by atoms with Gasteiger partial charge in [-0.05, 0) is 29.8 Å². The van der Waals surface area contributed by atoms with Gasteiger partial charge >= 0.3 is 5.97 Å². The Morgan fingerprint density at radius 1 is 1.14 bits per heavy atom. The van der Waals surface area contributed by atoms with Gasteiger partial charge in [0.25, 0.3) is 5.22 Å². The van der Waals surface area contributed by atoms with Crippen molar-refractivity contribution in [2.45, 2.75) is 11.0 Å². The summed E-state index contributed by atoms with van der Waals surface area (Å²) in [6, 6.07) is 13.0. The molecule has 0 unspecified atom stereocenters. The summed E-state index contributed by atoms with van der Waals surface area (Å²) < 4.78 is 23.4. The Morgan fingerprint density at radius 3 is 2.61 bits per heavy atom. The van der Waals surface area contributed by atoms with E-state index in [1.165, 1.54) is 38.1 Å². The molecule has 3 rings (SSSR count). The molecule has 0 fully saturated rings. The second kappa shape index (κ2) is 9.14. The zero-order valence-electron chi connectivity index (χ0n) is 15.1. The van der Waals surface area contributed by atoms with Gasteiger partial charge < -0.3 is 14.0 Å². The molecule has 0 atom stereocenters. The van der Waals surface area contributed by atoms with Crippen LogP contribution in [0.25, 0.3) is 11.5 Å². The van der Waals surface area contributed by atoms with Gasteiger partial charge in [-0.25, -0.2) is 9.18 Å². The number of nitrogens with zero attached hydrogens (tertiary/aromatic N) is 3. The Labute approximate surface area is 164 Å². The number of esters is 1. The molecule has 0 saturated carbocycles. The topological polar surface area (TPSA) is 86.8 Å². The van der Waals surface area contributed by atoms with Crippen LogP contribution in [0.4, 0.5) is 4.39 Å². The van der Waals surface area contributed by atoms with E-state index >= 15 is 0 Å². The van der Waals surface area contributed by atoms with Crippen LogP contribution >= 0.6 is 11.8 Å². The van der Waals surface area contributed by atoms with E-state index in [2.05, 4.69) is 15.4 Å². The van der Waals surface area contributed by atoms with E-state index in [4.69, 9.17) is 14.0 Å². The molecule has 3 aromatic rings. The first-order chi connectivity index (χ1) is 13.6. The number of carbonyl (C=O) groups is 1. The highest BCUT2D eigenvalue weighted by molar-refractivity contribution is 7.98. The van der Waals surface area contributed by atoms with Crippen LogP contribution in [0.15, 0.2) is 63.3 Å². The maximum atomic E-state index is 13.0. The summed E-state index contributed by atoms with van der Waals surface area (Å²) in [5, 5.41) is 12.1. The van der Waals surface area contributed by atoms with Crippen molar-refractivity contribution in [3.05, 3.63) is 65.5 Å². The highest BCUT2D eigenvalue weighted by atomic mass is 32.2. The number of thioether (sulfide) groups is 1. The van der Waals surface area contributed by atoms with Crippen LogP contribution in [0.5, 0.6) is 0 Å². The standard InChI is InChI=1S/C19H16FN3O4S/c1-25-18(24)16(23-26-2)15-6-4-3-5-13(15)11-28-19-22-21-17(27-19)12-7-9-14(20)10-8-12/h3-10H,11H2,1-2H3/b23-16+. The molecule has 0 spiro atoms. The van der Waals surface area contributed by atoms with Crippen molar-refractivity contribution in [1.29, 1.82) is 0 Å². The molecule has 0 radical (unpaired) electrons. The summed E-state index contributed by atoms with van der Waals surface area (Å²) in [5.74, 6) is -0.197. The molecule has 1 aromatic heterocycles. The molecule has 144 valence electrons. The van der Waals surface area contributed by atoms with E-state index in [1.54, 1.807) is 24.3 Å². The summed E-state index contributed by atoms with van der Waals surface area (Å²) >= 11 is 1.30. The van der Waals surface area contributed by atoms with E-state index in [9.17, 15) is 9.18 Å². The van der Waals surface area contributed by atoms with Crippen LogP contribution < -0.4 is 0 Å². The SMILES string of the molecule is CO/N=C(/C(=O)OC)c1ccccc1CSc1nnc(-c2ccc(F)cc2)o1. The average Bonchev–Trinajstić information content (AvgIpc) is 3.20. The number of oxime groups is 1. The Hall–Kier alpha value is -3.20. The van der Waals surface area contributed by atoms with Crippen LogP contribution in [-0.2, 0) is 20.1 Å². The van der Waals surface area contributed by atoms with Crippen LogP contribution in [0.2, 0.25) is 0 Å². The first-order valence-electron chi connectivity index (χ1n) is 8.12. The summed E-state index contributed by atoms with van der Waals surface area (Å²) in [6.07, 6.45) is 0. The first-order valence-corrected chi connectivity index (χ1v) is 9.11. The second-order valence-corrected chi connectivity index (χ2v) is 6.37. The van der Waals surface area contributed by atoms with E-state index in [0.717, 1.165) is 5.56 Å². The van der Waals surface area contributed by atoms with Gasteiger partial charge in [-0.3, -0.25) is 0 Å². The molecule has 1 heterocycles. The minimum Gasteiger partial charge on any atom is -0.464 e. The van der Waals surface area contributed by atoms with Crippen LogP contribution in [0.1, 0.15) is 11.1 Å². The number of hydrogen-bond acceptors (Lipinski definition) is 8. The molecule has 0 aliphatic heterocycles. The Bertz CT molecular complexity index is 989. The van der Waals surface area contributed by atoms with Gasteiger partial charge in [-0.2, -0.15) is 0 Å². The second-order valence-electron chi connectivity index (χ2n) is 5.44. The fourth-order valence-corrected chi connectivity index (χ4v) is 3.15. The highest BCUT2D eigenvalue weighted by Crippen LogP contribution is 2.27. The Balaban J connectivity index is 1.78. The zero-order chi connectivity index (χ0) is 19.9. The summed E-state index contributed by atoms with van der Waals surface area (Å²) in [6.45, 7) is 0. The molecule has 9 heteroatoms. The molecular weight excluding hydrogens is 385 g/mol. The molecule has 0 aliphatic rings. The smallest absolute Gasteiger partial charge is 0.360 e. The number of methoxy groups -OCH3 is 1. The molecule has 0 bridgehead atoms. The van der Waals surface area contributed by atoms with Gasteiger partial charge in [-0.1, -0.05) is 41.2 Å². The summed E-state index contributed by atoms with van der Waals surface area (Å²) in [4.78, 5) is 16.8. The predicted molar refractivity (Wildman–Crippen MR) is 101 cm³/mol. The van der Waals surface area contributed by atoms with Gasteiger partial charge in [0.1, 0.15) is 12.9 Å². The predicted octanol–water partition coefficient (Wildman–Crippen LogP) is 3.69. The lowest BCUT2D eigenvalue weighted by Gasteiger charge is -2.09. The van der Waals surface area contributed by atoms with Gasteiger partial charge in [0.2, 0.25) is 5.89 Å². The quantitative estimate of drug-likeness (QED) is 0.258. The Kier molecular flexibility index (Phi) is 6.38. The fraction of sp³-hybridized carbons (Fsp3) is 0.158. The minimum absolute atomic E-state index is 0.0683. The largest absolute Gasteiger partial charge is 0.464 e. The van der Waals surface area contributed by atoms with Crippen molar-refractivity contribution in [2.75, 3.05) is 14.2 Å². The molecular formula is C19H16FN3O4S. The molecule has 0 amide bonds. The van der Waals surface area contributed by atoms with Gasteiger partial charge in [-0.15, -0.1) is 10.2 Å². The zero-order valence-corrected chi connectivity index (χ0v) is 15.9. The van der Waals surface area contributed by atoms with Gasteiger partial charge in [0, 0.05) is 16.9 Å². The van der Waals surface area contributed by atoms with Crippen molar-refractivity contribution in [2.24, 2.45) is 5.16 Å². The number of hydrogen-bond donors (Lipinski definition) is 0. The van der Waals surface area contributed by atoms with Gasteiger partial charge in [0.15, 0.2) is 5.71 Å². The van der Waals surface area contributed by atoms with Crippen molar-refractivity contribution in [1.82, 2.24) is 10.2 Å². The number of benzene rings is 2. The Morgan fingerprint density at radius 2 is 1.89 bits per heavy atom. The third kappa shape index (κ3) is 4.55. The lowest BCUT2D eigenvalue weighted by Crippen LogP contribution is -2.19. The summed E-state index contributed by atoms with van der Waals surface area (Å²) in [7, 11) is 2.63. The van der Waals surface area contributed by atoms with Crippen LogP contribution in [-0.4, -0.2) is 36.1 Å². The van der Waals surface area contributed by atoms with E-state index in [-0.39, 0.29) is 11.5 Å². The normalized spacial score (nSPS) is 11.3. The third-order valence-electron chi connectivity index (χ3n) is 3.68. The van der Waals surface area contributed by atoms with E-state index in [0.29, 0.717) is 28.0 Å². The van der Waals surface area contributed by atoms with Crippen molar-refractivity contribution in [3.63, 3.8) is 0 Å². The maximum absolute atomic E-state index is 13.0. The first kappa shape index (κ1) is 19.6. The van der Waals surface area contributed by atoms with Gasteiger partial charge in [0.05, 0.1) is 7.11 Å². The lowest BCUT2D eigenvalue weighted by molar-refractivity contribution is -0.132. The van der Waals surface area contributed by atoms with Crippen molar-refractivity contribution >= 4 is 23.4 Å². The maximum Gasteiger partial charge on any atom is 0.360 e. The van der Waals surface area contributed by atoms with E-state index in [1.807, 2.05) is 12.1 Å². The number of rotatable bonds is 7. The monoisotopic (exact) mass is 401 g/mol. The van der Waals surface area contributed by atoms with Crippen LogP contribution in [0.3, 0.4) is 0 Å². The molecule has 0 aliphatic carbocycles. The molecule has 2 aromatic carbocycles. The number of aromatic nitrogens is 2. The van der Waals surface area contributed by atoms with Crippen molar-refractivity contribution in [3.8, 4) is 11.5 Å². The minimum atomic E-state index is -0.601. The molecule has 7 nitrogen and oxygen atoms in total.